The molecule has 2 aliphatic rings. The minimum Gasteiger partial charge on any atom is -0.325 e. The molecule has 7 heteroatoms. The number of anilines is 1. The molecule has 120 valence electrons. The Balaban J connectivity index is 1.89. The molecule has 2 aliphatic heterocycles. The monoisotopic (exact) mass is 323 g/mol. The number of benzene rings is 1. The predicted molar refractivity (Wildman–Crippen MR) is 84.0 cm³/mol. The Bertz CT molecular complexity index is 681. The minimum absolute atomic E-state index is 0.0794. The van der Waals surface area contributed by atoms with Crippen LogP contribution in [0.3, 0.4) is 0 Å². The summed E-state index contributed by atoms with van der Waals surface area (Å²) in [5.41, 5.74) is 0.427. The fourth-order valence-electron chi connectivity index (χ4n) is 3.37. The van der Waals surface area contributed by atoms with Crippen LogP contribution < -0.4 is 10.6 Å². The predicted octanol–water partition coefficient (Wildman–Crippen LogP) is 1.02. The summed E-state index contributed by atoms with van der Waals surface area (Å²) in [6, 6.07) is 6.58. The van der Waals surface area contributed by atoms with Crippen molar-refractivity contribution < 1.29 is 13.2 Å². The maximum absolute atomic E-state index is 12.9. The summed E-state index contributed by atoms with van der Waals surface area (Å²) >= 11 is 0. The smallest absolute Gasteiger partial charge is 0.245 e. The molecular formula is C15H21N3O3S. The van der Waals surface area contributed by atoms with Crippen molar-refractivity contribution in [3.63, 3.8) is 0 Å². The van der Waals surface area contributed by atoms with Crippen LogP contribution in [-0.2, 0) is 14.8 Å². The average Bonchev–Trinajstić information content (AvgIpc) is 3.10. The molecule has 1 unspecified atom stereocenters. The van der Waals surface area contributed by atoms with Crippen molar-refractivity contribution >= 4 is 21.6 Å². The van der Waals surface area contributed by atoms with E-state index in [4.69, 9.17) is 0 Å². The van der Waals surface area contributed by atoms with E-state index in [1.54, 1.807) is 28.6 Å². The van der Waals surface area contributed by atoms with Gasteiger partial charge in [-0.25, -0.2) is 8.42 Å². The molecule has 1 aromatic carbocycles. The van der Waals surface area contributed by atoms with Crippen LogP contribution in [0.4, 0.5) is 5.69 Å². The molecule has 2 heterocycles. The maximum atomic E-state index is 12.9. The zero-order valence-electron chi connectivity index (χ0n) is 12.6. The molecule has 0 saturated carbocycles. The molecule has 1 amide bonds. The minimum atomic E-state index is -3.59. The van der Waals surface area contributed by atoms with Gasteiger partial charge in [-0.2, -0.15) is 4.31 Å². The summed E-state index contributed by atoms with van der Waals surface area (Å²) in [5.74, 6) is -0.277. The van der Waals surface area contributed by atoms with Gasteiger partial charge in [-0.15, -0.1) is 0 Å². The number of hydrogen-bond acceptors (Lipinski definition) is 4. The fourth-order valence-corrected chi connectivity index (χ4v) is 5.07. The summed E-state index contributed by atoms with van der Waals surface area (Å²) < 4.78 is 27.4. The number of para-hydroxylation sites is 1. The van der Waals surface area contributed by atoms with Crippen molar-refractivity contribution in [1.82, 2.24) is 9.62 Å². The molecule has 2 N–H and O–H groups in total. The van der Waals surface area contributed by atoms with Crippen LogP contribution in [0.1, 0.15) is 19.8 Å². The summed E-state index contributed by atoms with van der Waals surface area (Å²) in [6.07, 6.45) is 1.91. The third-order valence-corrected chi connectivity index (χ3v) is 6.45. The van der Waals surface area contributed by atoms with Gasteiger partial charge in [0.15, 0.2) is 0 Å². The highest BCUT2D eigenvalue weighted by atomic mass is 32.2. The molecule has 1 atom stereocenters. The van der Waals surface area contributed by atoms with Gasteiger partial charge in [0.05, 0.1) is 5.69 Å². The van der Waals surface area contributed by atoms with Gasteiger partial charge in [0, 0.05) is 26.6 Å². The van der Waals surface area contributed by atoms with E-state index >= 15 is 0 Å². The molecule has 0 aliphatic carbocycles. The third kappa shape index (κ3) is 2.76. The Labute approximate surface area is 130 Å². The van der Waals surface area contributed by atoms with Crippen molar-refractivity contribution in [1.29, 1.82) is 0 Å². The van der Waals surface area contributed by atoms with E-state index in [1.165, 1.54) is 6.92 Å². The molecule has 1 aromatic rings. The van der Waals surface area contributed by atoms with Crippen LogP contribution >= 0.6 is 0 Å². The molecule has 22 heavy (non-hydrogen) atoms. The first-order chi connectivity index (χ1) is 10.4. The highest BCUT2D eigenvalue weighted by molar-refractivity contribution is 7.89. The number of rotatable bonds is 3. The van der Waals surface area contributed by atoms with Gasteiger partial charge in [-0.05, 0) is 36.9 Å². The Morgan fingerprint density at radius 1 is 1.32 bits per heavy atom. The fraction of sp³-hybridized carbons (Fsp3) is 0.533. The number of amides is 1. The van der Waals surface area contributed by atoms with Gasteiger partial charge in [-0.3, -0.25) is 4.79 Å². The van der Waals surface area contributed by atoms with Crippen molar-refractivity contribution in [2.75, 3.05) is 31.5 Å². The van der Waals surface area contributed by atoms with E-state index in [0.29, 0.717) is 18.8 Å². The van der Waals surface area contributed by atoms with Gasteiger partial charge in [-0.1, -0.05) is 12.1 Å². The van der Waals surface area contributed by atoms with Crippen LogP contribution in [0.2, 0.25) is 0 Å². The van der Waals surface area contributed by atoms with E-state index < -0.39 is 10.0 Å². The zero-order valence-corrected chi connectivity index (χ0v) is 13.4. The second-order valence-electron chi connectivity index (χ2n) is 6.19. The van der Waals surface area contributed by atoms with Crippen molar-refractivity contribution in [3.05, 3.63) is 24.3 Å². The second-order valence-corrected chi connectivity index (χ2v) is 8.10. The average molecular weight is 323 g/mol. The van der Waals surface area contributed by atoms with E-state index in [1.807, 2.05) is 0 Å². The number of nitrogens with one attached hydrogen (secondary N) is 2. The van der Waals surface area contributed by atoms with Gasteiger partial charge in [0.2, 0.25) is 15.9 Å². The molecule has 1 spiro atoms. The summed E-state index contributed by atoms with van der Waals surface area (Å²) in [6.45, 7) is 4.30. The van der Waals surface area contributed by atoms with Crippen LogP contribution in [0, 0.1) is 5.41 Å². The molecule has 2 fully saturated rings. The Hall–Kier alpha value is -1.44. The molecule has 6 nitrogen and oxygen atoms in total. The van der Waals surface area contributed by atoms with Gasteiger partial charge >= 0.3 is 0 Å². The first-order valence-corrected chi connectivity index (χ1v) is 8.95. The number of nitrogens with zero attached hydrogens (tertiary/aromatic N) is 1. The number of hydrogen-bond donors (Lipinski definition) is 2. The first-order valence-electron chi connectivity index (χ1n) is 7.51. The number of carbonyl (C=O) groups excluding carboxylic acids is 1. The Morgan fingerprint density at radius 2 is 2.09 bits per heavy atom. The maximum Gasteiger partial charge on any atom is 0.245 e. The van der Waals surface area contributed by atoms with E-state index in [0.717, 1.165) is 25.9 Å². The van der Waals surface area contributed by atoms with Gasteiger partial charge < -0.3 is 10.6 Å². The largest absolute Gasteiger partial charge is 0.325 e. The van der Waals surface area contributed by atoms with Crippen LogP contribution in [0.5, 0.6) is 0 Å². The standard InChI is InChI=1S/C15H21N3O3S/c1-12(19)17-13-4-2-3-5-14(13)22(20,21)18-9-7-15(11-18)6-8-16-10-15/h2-5,16H,6-11H2,1H3,(H,17,19). The summed E-state index contributed by atoms with van der Waals surface area (Å²) in [5, 5.41) is 5.93. The molecule has 0 bridgehead atoms. The lowest BCUT2D eigenvalue weighted by molar-refractivity contribution is -0.114. The molecule has 0 radical (unpaired) electrons. The quantitative estimate of drug-likeness (QED) is 0.870. The zero-order chi connectivity index (χ0) is 15.8. The normalized spacial score (nSPS) is 25.7. The lowest BCUT2D eigenvalue weighted by Crippen LogP contribution is -2.33. The third-order valence-electron chi connectivity index (χ3n) is 4.55. The van der Waals surface area contributed by atoms with Crippen LogP contribution in [0.15, 0.2) is 29.2 Å². The second kappa shape index (κ2) is 5.64. The lowest BCUT2D eigenvalue weighted by Gasteiger charge is -2.23. The van der Waals surface area contributed by atoms with Crippen molar-refractivity contribution in [2.24, 2.45) is 5.41 Å². The van der Waals surface area contributed by atoms with E-state index in [9.17, 15) is 13.2 Å². The summed E-state index contributed by atoms with van der Waals surface area (Å²) in [4.78, 5) is 11.5. The van der Waals surface area contributed by atoms with Crippen molar-refractivity contribution in [3.8, 4) is 0 Å². The highest BCUT2D eigenvalue weighted by Gasteiger charge is 2.44. The SMILES string of the molecule is CC(=O)Nc1ccccc1S(=O)(=O)N1CCC2(CCNC2)C1. The van der Waals surface area contributed by atoms with Crippen LogP contribution in [-0.4, -0.2) is 44.8 Å². The molecular weight excluding hydrogens is 302 g/mol. The number of sulfonamides is 1. The number of carbonyl (C=O) groups is 1. The Kier molecular flexibility index (Phi) is 3.96. The molecule has 3 rings (SSSR count). The van der Waals surface area contributed by atoms with Crippen LogP contribution in [0.25, 0.3) is 0 Å². The summed E-state index contributed by atoms with van der Waals surface area (Å²) in [7, 11) is -3.59. The topological polar surface area (TPSA) is 78.5 Å². The van der Waals surface area contributed by atoms with Gasteiger partial charge in [0.25, 0.3) is 0 Å². The van der Waals surface area contributed by atoms with E-state index in [2.05, 4.69) is 10.6 Å². The lowest BCUT2D eigenvalue weighted by atomic mass is 9.87. The highest BCUT2D eigenvalue weighted by Crippen LogP contribution is 2.39. The molecule has 0 aromatic heterocycles. The first kappa shape index (κ1) is 15.5. The Morgan fingerprint density at radius 3 is 2.77 bits per heavy atom. The van der Waals surface area contributed by atoms with E-state index in [-0.39, 0.29) is 16.2 Å². The van der Waals surface area contributed by atoms with Crippen molar-refractivity contribution in [2.45, 2.75) is 24.7 Å². The van der Waals surface area contributed by atoms with Gasteiger partial charge in [0.1, 0.15) is 4.90 Å². The molecule has 2 saturated heterocycles.